The Morgan fingerprint density at radius 2 is 2.29 bits per heavy atom. The van der Waals surface area contributed by atoms with Crippen LogP contribution in [0.5, 0.6) is 0 Å². The minimum Gasteiger partial charge on any atom is -0.255 e. The molecule has 0 spiro atoms. The van der Waals surface area contributed by atoms with Crippen LogP contribution in [0, 0.1) is 0 Å². The SMILES string of the molecule is CN(Cc1cn(C)nn1)S(=O)(=O)c1cccs1. The van der Waals surface area contributed by atoms with Crippen LogP contribution in [0.4, 0.5) is 0 Å². The fourth-order valence-corrected chi connectivity index (χ4v) is 3.69. The van der Waals surface area contributed by atoms with Crippen molar-refractivity contribution in [3.63, 3.8) is 0 Å². The molecule has 0 radical (unpaired) electrons. The molecule has 0 fully saturated rings. The lowest BCUT2D eigenvalue weighted by atomic mass is 10.5. The number of rotatable bonds is 4. The van der Waals surface area contributed by atoms with Gasteiger partial charge >= 0.3 is 0 Å². The highest BCUT2D eigenvalue weighted by Crippen LogP contribution is 2.20. The van der Waals surface area contributed by atoms with Crippen LogP contribution >= 0.6 is 11.3 Å². The highest BCUT2D eigenvalue weighted by Gasteiger charge is 2.22. The Morgan fingerprint density at radius 1 is 1.53 bits per heavy atom. The Bertz CT molecular complexity index is 588. The lowest BCUT2D eigenvalue weighted by Crippen LogP contribution is -2.25. The van der Waals surface area contributed by atoms with Crippen LogP contribution in [-0.4, -0.2) is 34.8 Å². The normalized spacial score (nSPS) is 12.2. The summed E-state index contributed by atoms with van der Waals surface area (Å²) >= 11 is 1.20. The van der Waals surface area contributed by atoms with E-state index in [2.05, 4.69) is 10.3 Å². The number of hydrogen-bond acceptors (Lipinski definition) is 5. The van der Waals surface area contributed by atoms with E-state index in [0.717, 1.165) is 0 Å². The molecule has 0 aliphatic heterocycles. The molecule has 0 amide bonds. The van der Waals surface area contributed by atoms with Gasteiger partial charge in [0.2, 0.25) is 0 Å². The van der Waals surface area contributed by atoms with E-state index in [1.165, 1.54) is 22.7 Å². The molecule has 2 aromatic heterocycles. The number of nitrogens with zero attached hydrogens (tertiary/aromatic N) is 4. The van der Waals surface area contributed by atoms with Gasteiger partial charge in [-0.15, -0.1) is 16.4 Å². The molecule has 0 aliphatic carbocycles. The van der Waals surface area contributed by atoms with Crippen molar-refractivity contribution in [1.29, 1.82) is 0 Å². The first-order valence-corrected chi connectivity index (χ1v) is 7.17. The van der Waals surface area contributed by atoms with E-state index >= 15 is 0 Å². The van der Waals surface area contributed by atoms with Crippen molar-refractivity contribution < 1.29 is 8.42 Å². The summed E-state index contributed by atoms with van der Waals surface area (Å²) in [6.45, 7) is 0.216. The van der Waals surface area contributed by atoms with E-state index in [0.29, 0.717) is 9.90 Å². The van der Waals surface area contributed by atoms with Crippen LogP contribution in [0.3, 0.4) is 0 Å². The van der Waals surface area contributed by atoms with Gasteiger partial charge in [0, 0.05) is 20.3 Å². The lowest BCUT2D eigenvalue weighted by Gasteiger charge is -2.13. The van der Waals surface area contributed by atoms with Crippen molar-refractivity contribution in [1.82, 2.24) is 19.3 Å². The zero-order valence-electron chi connectivity index (χ0n) is 9.44. The molecule has 0 saturated heterocycles. The molecule has 0 N–H and O–H groups in total. The molecule has 0 saturated carbocycles. The molecule has 2 heterocycles. The number of hydrogen-bond donors (Lipinski definition) is 0. The number of aryl methyl sites for hydroxylation is 1. The van der Waals surface area contributed by atoms with Gasteiger partial charge in [0.25, 0.3) is 10.0 Å². The van der Waals surface area contributed by atoms with Gasteiger partial charge in [-0.2, -0.15) is 4.31 Å². The second kappa shape index (κ2) is 4.55. The molecule has 2 rings (SSSR count). The summed E-state index contributed by atoms with van der Waals surface area (Å²) in [5, 5.41) is 9.36. The third-order valence-corrected chi connectivity index (χ3v) is 5.37. The maximum Gasteiger partial charge on any atom is 0.252 e. The van der Waals surface area contributed by atoms with Gasteiger partial charge in [-0.25, -0.2) is 8.42 Å². The minimum atomic E-state index is -3.41. The maximum absolute atomic E-state index is 12.1. The van der Waals surface area contributed by atoms with E-state index in [1.807, 2.05) is 0 Å². The zero-order chi connectivity index (χ0) is 12.5. The topological polar surface area (TPSA) is 68.1 Å². The van der Waals surface area contributed by atoms with Crippen LogP contribution in [0.2, 0.25) is 0 Å². The fourth-order valence-electron chi connectivity index (χ4n) is 1.34. The highest BCUT2D eigenvalue weighted by atomic mass is 32.2. The summed E-state index contributed by atoms with van der Waals surface area (Å²) in [5.41, 5.74) is 0.620. The van der Waals surface area contributed by atoms with Crippen molar-refractivity contribution in [3.8, 4) is 0 Å². The third kappa shape index (κ3) is 2.54. The first-order chi connectivity index (χ1) is 8.00. The fraction of sp³-hybridized carbons (Fsp3) is 0.333. The highest BCUT2D eigenvalue weighted by molar-refractivity contribution is 7.91. The second-order valence-corrected chi connectivity index (χ2v) is 6.80. The van der Waals surface area contributed by atoms with E-state index < -0.39 is 10.0 Å². The van der Waals surface area contributed by atoms with Crippen molar-refractivity contribution in [2.24, 2.45) is 7.05 Å². The molecule has 0 atom stereocenters. The Labute approximate surface area is 104 Å². The lowest BCUT2D eigenvalue weighted by molar-refractivity contribution is 0.463. The van der Waals surface area contributed by atoms with Crippen molar-refractivity contribution >= 4 is 21.4 Å². The summed E-state index contributed by atoms with van der Waals surface area (Å²) in [6, 6.07) is 3.31. The number of sulfonamides is 1. The Kier molecular flexibility index (Phi) is 3.27. The molecule has 0 aliphatic rings. The van der Waals surface area contributed by atoms with Gasteiger partial charge in [-0.1, -0.05) is 11.3 Å². The van der Waals surface area contributed by atoms with Gasteiger partial charge in [0.15, 0.2) is 0 Å². The van der Waals surface area contributed by atoms with Crippen LogP contribution < -0.4 is 0 Å². The number of thiophene rings is 1. The molecule has 6 nitrogen and oxygen atoms in total. The second-order valence-electron chi connectivity index (χ2n) is 3.58. The largest absolute Gasteiger partial charge is 0.255 e. The zero-order valence-corrected chi connectivity index (χ0v) is 11.1. The van der Waals surface area contributed by atoms with Crippen LogP contribution in [0.1, 0.15) is 5.69 Å². The molecule has 0 aromatic carbocycles. The van der Waals surface area contributed by atoms with Gasteiger partial charge in [0.05, 0.1) is 12.2 Å². The van der Waals surface area contributed by atoms with Crippen molar-refractivity contribution in [3.05, 3.63) is 29.4 Å². The van der Waals surface area contributed by atoms with Crippen molar-refractivity contribution in [2.75, 3.05) is 7.05 Å². The average molecular weight is 272 g/mol. The standard InChI is InChI=1S/C9H12N4O2S2/c1-12-6-8(10-11-12)7-13(2)17(14,15)9-4-3-5-16-9/h3-6H,7H2,1-2H3. The predicted octanol–water partition coefficient (Wildman–Crippen LogP) is 0.697. The smallest absolute Gasteiger partial charge is 0.252 e. The van der Waals surface area contributed by atoms with Crippen LogP contribution in [0.15, 0.2) is 27.9 Å². The molecule has 0 bridgehead atoms. The van der Waals surface area contributed by atoms with Gasteiger partial charge < -0.3 is 0 Å². The van der Waals surface area contributed by atoms with Crippen LogP contribution in [-0.2, 0) is 23.6 Å². The number of aromatic nitrogens is 3. The molecular weight excluding hydrogens is 260 g/mol. The molecule has 2 aromatic rings. The average Bonchev–Trinajstić information content (AvgIpc) is 2.89. The molecule has 8 heteroatoms. The predicted molar refractivity (Wildman–Crippen MR) is 64.0 cm³/mol. The molecule has 17 heavy (non-hydrogen) atoms. The van der Waals surface area contributed by atoms with Crippen molar-refractivity contribution in [2.45, 2.75) is 10.8 Å². The van der Waals surface area contributed by atoms with Gasteiger partial charge in [-0.3, -0.25) is 4.68 Å². The summed E-state index contributed by atoms with van der Waals surface area (Å²) in [7, 11) is -0.138. The first kappa shape index (κ1) is 12.2. The minimum absolute atomic E-state index is 0.216. The van der Waals surface area contributed by atoms with Gasteiger partial charge in [-0.05, 0) is 11.4 Å². The molecule has 0 unspecified atom stereocenters. The summed E-state index contributed by atoms with van der Waals surface area (Å²) in [5.74, 6) is 0. The Balaban J connectivity index is 2.18. The maximum atomic E-state index is 12.1. The Morgan fingerprint density at radius 3 is 2.82 bits per heavy atom. The summed E-state index contributed by atoms with van der Waals surface area (Å²) in [4.78, 5) is 0. The van der Waals surface area contributed by atoms with E-state index in [-0.39, 0.29) is 6.54 Å². The van der Waals surface area contributed by atoms with Crippen LogP contribution in [0.25, 0.3) is 0 Å². The van der Waals surface area contributed by atoms with Gasteiger partial charge in [0.1, 0.15) is 4.21 Å². The monoisotopic (exact) mass is 272 g/mol. The first-order valence-electron chi connectivity index (χ1n) is 4.85. The quantitative estimate of drug-likeness (QED) is 0.821. The van der Waals surface area contributed by atoms with E-state index in [1.54, 1.807) is 35.4 Å². The van der Waals surface area contributed by atoms with E-state index in [9.17, 15) is 8.42 Å². The Hall–Kier alpha value is -1.25. The summed E-state index contributed by atoms with van der Waals surface area (Å²) in [6.07, 6.45) is 1.69. The molecular formula is C9H12N4O2S2. The third-order valence-electron chi connectivity index (χ3n) is 2.19. The summed E-state index contributed by atoms with van der Waals surface area (Å²) < 4.78 is 27.3. The van der Waals surface area contributed by atoms with E-state index in [4.69, 9.17) is 0 Å². The molecule has 92 valence electrons.